The number of aromatic nitrogens is 3. The molecule has 1 amide bonds. The molecule has 0 spiro atoms. The van der Waals surface area contributed by atoms with Gasteiger partial charge in [0.2, 0.25) is 0 Å². The number of carbonyl (C=O) groups is 2. The topological polar surface area (TPSA) is 115 Å². The summed E-state index contributed by atoms with van der Waals surface area (Å²) in [6, 6.07) is 3.92. The predicted octanol–water partition coefficient (Wildman–Crippen LogP) is 2.09. The number of carboxylic acid groups (broad SMARTS) is 1. The molecule has 32 heavy (non-hydrogen) atoms. The van der Waals surface area contributed by atoms with Crippen LogP contribution < -0.4 is 0 Å². The molecular weight excluding hydrogens is 433 g/mol. The van der Waals surface area contributed by atoms with Crippen LogP contribution >= 0.6 is 0 Å². The van der Waals surface area contributed by atoms with Crippen LogP contribution in [0.25, 0.3) is 0 Å². The van der Waals surface area contributed by atoms with E-state index in [1.54, 1.807) is 24.8 Å². The number of rotatable bonds is 4. The minimum absolute atomic E-state index is 0.00405. The number of carbonyl (C=O) groups excluding carboxylic acids is 1. The SMILES string of the molecule is O=C(O)C(F)(F)F.O=C(c1cnccn1)N1CCO[C@H]2[C@H](OCc3ccncc3)CC[C@@H]21. The van der Waals surface area contributed by atoms with Crippen LogP contribution in [0.3, 0.4) is 0 Å². The Morgan fingerprint density at radius 2 is 1.88 bits per heavy atom. The summed E-state index contributed by atoms with van der Waals surface area (Å²) < 4.78 is 43.8. The Morgan fingerprint density at radius 3 is 2.50 bits per heavy atom. The molecule has 2 aliphatic rings. The van der Waals surface area contributed by atoms with Gasteiger partial charge in [-0.2, -0.15) is 13.2 Å². The largest absolute Gasteiger partial charge is 0.490 e. The van der Waals surface area contributed by atoms with Crippen molar-refractivity contribution in [1.82, 2.24) is 19.9 Å². The van der Waals surface area contributed by atoms with Gasteiger partial charge in [0.05, 0.1) is 31.6 Å². The Hall–Kier alpha value is -3.12. The third-order valence-electron chi connectivity index (χ3n) is 5.03. The first-order chi connectivity index (χ1) is 15.3. The van der Waals surface area contributed by atoms with Crippen LogP contribution in [0.1, 0.15) is 28.9 Å². The number of aliphatic carboxylic acids is 1. The average Bonchev–Trinajstić information content (AvgIpc) is 3.21. The summed E-state index contributed by atoms with van der Waals surface area (Å²) in [5.74, 6) is -2.84. The number of ether oxygens (including phenoxy) is 2. The molecule has 4 rings (SSSR count). The molecule has 0 radical (unpaired) electrons. The number of hydrogen-bond acceptors (Lipinski definition) is 7. The molecule has 12 heteroatoms. The second-order valence-electron chi connectivity index (χ2n) is 7.08. The fourth-order valence-corrected chi connectivity index (χ4v) is 3.59. The van der Waals surface area contributed by atoms with Gasteiger partial charge < -0.3 is 19.5 Å². The highest BCUT2D eigenvalue weighted by Crippen LogP contribution is 2.33. The summed E-state index contributed by atoms with van der Waals surface area (Å²) in [7, 11) is 0. The number of fused-ring (bicyclic) bond motifs is 1. The minimum atomic E-state index is -5.08. The van der Waals surface area contributed by atoms with Crippen molar-refractivity contribution in [2.45, 2.75) is 43.9 Å². The fraction of sp³-hybridized carbons (Fsp3) is 0.450. The Bertz CT molecular complexity index is 901. The van der Waals surface area contributed by atoms with Crippen molar-refractivity contribution in [2.24, 2.45) is 0 Å². The number of amides is 1. The molecule has 172 valence electrons. The van der Waals surface area contributed by atoms with E-state index < -0.39 is 12.1 Å². The van der Waals surface area contributed by atoms with E-state index in [-0.39, 0.29) is 24.2 Å². The molecule has 2 aromatic heterocycles. The van der Waals surface area contributed by atoms with Crippen LogP contribution in [-0.2, 0) is 20.9 Å². The second-order valence-corrected chi connectivity index (χ2v) is 7.08. The number of carboxylic acids is 1. The second kappa shape index (κ2) is 10.5. The molecule has 1 aliphatic heterocycles. The van der Waals surface area contributed by atoms with Gasteiger partial charge in [0.25, 0.3) is 5.91 Å². The maximum atomic E-state index is 12.7. The highest BCUT2D eigenvalue weighted by molar-refractivity contribution is 5.92. The monoisotopic (exact) mass is 454 g/mol. The van der Waals surface area contributed by atoms with E-state index in [0.717, 1.165) is 18.4 Å². The summed E-state index contributed by atoms with van der Waals surface area (Å²) in [5, 5.41) is 7.12. The van der Waals surface area contributed by atoms with Crippen LogP contribution in [0.5, 0.6) is 0 Å². The number of alkyl halides is 3. The normalized spacial score (nSPS) is 22.5. The van der Waals surface area contributed by atoms with Gasteiger partial charge in [0.15, 0.2) is 0 Å². The molecule has 1 saturated heterocycles. The zero-order chi connectivity index (χ0) is 23.1. The summed E-state index contributed by atoms with van der Waals surface area (Å²) in [4.78, 5) is 35.7. The molecule has 1 N–H and O–H groups in total. The summed E-state index contributed by atoms with van der Waals surface area (Å²) >= 11 is 0. The van der Waals surface area contributed by atoms with Gasteiger partial charge in [-0.1, -0.05) is 0 Å². The average molecular weight is 454 g/mol. The molecule has 3 heterocycles. The van der Waals surface area contributed by atoms with Crippen molar-refractivity contribution < 1.29 is 37.3 Å². The van der Waals surface area contributed by atoms with Gasteiger partial charge in [-0.15, -0.1) is 0 Å². The van der Waals surface area contributed by atoms with E-state index in [0.29, 0.717) is 25.5 Å². The first kappa shape index (κ1) is 23.5. The number of halogens is 3. The summed E-state index contributed by atoms with van der Waals surface area (Å²) in [5.41, 5.74) is 1.46. The lowest BCUT2D eigenvalue weighted by Gasteiger charge is -2.38. The minimum Gasteiger partial charge on any atom is -0.475 e. The number of hydrogen-bond donors (Lipinski definition) is 1. The van der Waals surface area contributed by atoms with Crippen LogP contribution in [-0.4, -0.2) is 74.4 Å². The lowest BCUT2D eigenvalue weighted by atomic mass is 10.1. The van der Waals surface area contributed by atoms with Crippen molar-refractivity contribution in [3.63, 3.8) is 0 Å². The van der Waals surface area contributed by atoms with Crippen LogP contribution in [0.2, 0.25) is 0 Å². The Balaban J connectivity index is 0.000000360. The van der Waals surface area contributed by atoms with Crippen molar-refractivity contribution in [1.29, 1.82) is 0 Å². The van der Waals surface area contributed by atoms with Gasteiger partial charge >= 0.3 is 12.1 Å². The first-order valence-electron chi connectivity index (χ1n) is 9.76. The number of pyridine rings is 1. The summed E-state index contributed by atoms with van der Waals surface area (Å²) in [6.45, 7) is 1.62. The molecule has 9 nitrogen and oxygen atoms in total. The van der Waals surface area contributed by atoms with E-state index in [1.165, 1.54) is 6.20 Å². The zero-order valence-electron chi connectivity index (χ0n) is 16.8. The number of morpholine rings is 1. The number of nitrogens with zero attached hydrogens (tertiary/aromatic N) is 4. The van der Waals surface area contributed by atoms with Crippen molar-refractivity contribution >= 4 is 11.9 Å². The Labute approximate surface area is 181 Å². The highest BCUT2D eigenvalue weighted by atomic mass is 19.4. The van der Waals surface area contributed by atoms with Gasteiger partial charge in [-0.3, -0.25) is 14.8 Å². The zero-order valence-corrected chi connectivity index (χ0v) is 16.8. The molecule has 3 atom stereocenters. The standard InChI is InChI=1S/C18H20N4O3.C2HF3O2/c23-18(14-11-20-7-8-21-14)22-9-10-24-17-15(22)1-2-16(17)25-12-13-3-5-19-6-4-13;3-2(4,5)1(6)7/h3-8,11,15-17H,1-2,9-10,12H2;(H,6,7)/t15-,16+,17+;/m0./s1. The van der Waals surface area contributed by atoms with Gasteiger partial charge in [0.1, 0.15) is 11.8 Å². The quantitative estimate of drug-likeness (QED) is 0.747. The Kier molecular flexibility index (Phi) is 7.70. The summed E-state index contributed by atoms with van der Waals surface area (Å²) in [6.07, 6.45) is 4.72. The lowest BCUT2D eigenvalue weighted by Crippen LogP contribution is -2.54. The molecule has 0 bridgehead atoms. The van der Waals surface area contributed by atoms with Crippen LogP contribution in [0.15, 0.2) is 43.1 Å². The maximum absolute atomic E-state index is 12.7. The molecular formula is C20H21F3N4O5. The lowest BCUT2D eigenvalue weighted by molar-refractivity contribution is -0.192. The van der Waals surface area contributed by atoms with Gasteiger partial charge in [-0.05, 0) is 30.5 Å². The Morgan fingerprint density at radius 1 is 1.16 bits per heavy atom. The highest BCUT2D eigenvalue weighted by Gasteiger charge is 2.45. The molecule has 2 fully saturated rings. The molecule has 0 unspecified atom stereocenters. The van der Waals surface area contributed by atoms with Crippen LogP contribution in [0.4, 0.5) is 13.2 Å². The third-order valence-corrected chi connectivity index (χ3v) is 5.03. The third kappa shape index (κ3) is 5.98. The molecule has 0 aromatic carbocycles. The van der Waals surface area contributed by atoms with Crippen LogP contribution in [0, 0.1) is 0 Å². The fourth-order valence-electron chi connectivity index (χ4n) is 3.59. The van der Waals surface area contributed by atoms with Crippen molar-refractivity contribution in [2.75, 3.05) is 13.2 Å². The van der Waals surface area contributed by atoms with Crippen molar-refractivity contribution in [3.05, 3.63) is 54.4 Å². The van der Waals surface area contributed by atoms with E-state index in [1.807, 2.05) is 17.0 Å². The van der Waals surface area contributed by atoms with Crippen molar-refractivity contribution in [3.8, 4) is 0 Å². The maximum Gasteiger partial charge on any atom is 0.490 e. The molecule has 2 aromatic rings. The van der Waals surface area contributed by atoms with Gasteiger partial charge in [0, 0.05) is 31.3 Å². The molecule has 1 aliphatic carbocycles. The van der Waals surface area contributed by atoms with E-state index in [4.69, 9.17) is 19.4 Å². The van der Waals surface area contributed by atoms with Gasteiger partial charge in [-0.25, -0.2) is 9.78 Å². The first-order valence-corrected chi connectivity index (χ1v) is 9.76. The van der Waals surface area contributed by atoms with E-state index in [9.17, 15) is 18.0 Å². The predicted molar refractivity (Wildman–Crippen MR) is 102 cm³/mol. The van der Waals surface area contributed by atoms with E-state index >= 15 is 0 Å². The van der Waals surface area contributed by atoms with E-state index in [2.05, 4.69) is 15.0 Å². The smallest absolute Gasteiger partial charge is 0.475 e. The molecule has 1 saturated carbocycles.